The topological polar surface area (TPSA) is 41.4 Å². The molecule has 0 bridgehead atoms. The number of carbonyl (C=O) groups is 1. The molecule has 0 spiro atoms. The molecule has 0 saturated carbocycles. The van der Waals surface area contributed by atoms with Crippen molar-refractivity contribution in [1.82, 2.24) is 19.4 Å². The Morgan fingerprint density at radius 3 is 2.35 bits per heavy atom. The summed E-state index contributed by atoms with van der Waals surface area (Å²) in [4.78, 5) is 22.9. The van der Waals surface area contributed by atoms with Gasteiger partial charge in [-0.25, -0.2) is 4.98 Å². The quantitative estimate of drug-likeness (QED) is 0.518. The summed E-state index contributed by atoms with van der Waals surface area (Å²) in [7, 11) is 0. The number of halogens is 2. The molecule has 1 aliphatic rings. The molecule has 0 radical (unpaired) electrons. The number of fused-ring (bicyclic) bond motifs is 1. The van der Waals surface area contributed by atoms with Gasteiger partial charge < -0.3 is 14.4 Å². The Morgan fingerprint density at radius 2 is 1.71 bits per heavy atom. The van der Waals surface area contributed by atoms with Crippen LogP contribution in [0.4, 0.5) is 0 Å². The smallest absolute Gasteiger partial charge is 0.245 e. The average Bonchev–Trinajstić information content (AvgIpc) is 3.11. The van der Waals surface area contributed by atoms with Crippen molar-refractivity contribution < 1.29 is 4.79 Å². The molecular weight excluding hydrogens is 431 g/mol. The van der Waals surface area contributed by atoms with Gasteiger partial charge in [-0.1, -0.05) is 67.4 Å². The van der Waals surface area contributed by atoms with E-state index in [1.165, 1.54) is 0 Å². The lowest BCUT2D eigenvalue weighted by Crippen LogP contribution is -2.50. The van der Waals surface area contributed by atoms with Crippen LogP contribution in [0.1, 0.15) is 37.7 Å². The molecule has 7 heteroatoms. The summed E-state index contributed by atoms with van der Waals surface area (Å²) in [6.45, 7) is 8.59. The predicted molar refractivity (Wildman–Crippen MR) is 127 cm³/mol. The third-order valence-corrected chi connectivity index (χ3v) is 6.85. The summed E-state index contributed by atoms with van der Waals surface area (Å²) in [5.74, 6) is 1.00. The van der Waals surface area contributed by atoms with Crippen LogP contribution in [0.15, 0.2) is 42.5 Å². The molecule has 0 aliphatic carbocycles. The van der Waals surface area contributed by atoms with E-state index in [9.17, 15) is 4.79 Å². The lowest BCUT2D eigenvalue weighted by atomic mass is 10.1. The van der Waals surface area contributed by atoms with Crippen LogP contribution in [0.2, 0.25) is 10.0 Å². The second-order valence-corrected chi connectivity index (χ2v) is 8.81. The van der Waals surface area contributed by atoms with Crippen molar-refractivity contribution in [2.45, 2.75) is 32.7 Å². The number of benzene rings is 2. The van der Waals surface area contributed by atoms with Gasteiger partial charge in [-0.15, -0.1) is 0 Å². The summed E-state index contributed by atoms with van der Waals surface area (Å²) in [5.41, 5.74) is 2.77. The van der Waals surface area contributed by atoms with Gasteiger partial charge >= 0.3 is 0 Å². The highest BCUT2D eigenvalue weighted by Crippen LogP contribution is 2.32. The fourth-order valence-corrected chi connectivity index (χ4v) is 4.67. The van der Waals surface area contributed by atoms with Crippen LogP contribution in [0.3, 0.4) is 0 Å². The monoisotopic (exact) mass is 458 g/mol. The van der Waals surface area contributed by atoms with E-state index in [0.717, 1.165) is 55.1 Å². The minimum Gasteiger partial charge on any atom is -0.338 e. The first-order valence-corrected chi connectivity index (χ1v) is 11.7. The van der Waals surface area contributed by atoms with Crippen molar-refractivity contribution in [2.24, 2.45) is 0 Å². The molecular formula is C24H28Cl2N4O. The molecule has 2 aromatic carbocycles. The van der Waals surface area contributed by atoms with Gasteiger partial charge in [0.2, 0.25) is 5.91 Å². The maximum Gasteiger partial charge on any atom is 0.245 e. The number of aromatic nitrogens is 2. The van der Waals surface area contributed by atoms with Crippen molar-refractivity contribution >= 4 is 40.1 Å². The van der Waals surface area contributed by atoms with Gasteiger partial charge in [0.1, 0.15) is 11.9 Å². The van der Waals surface area contributed by atoms with Crippen LogP contribution >= 0.6 is 23.2 Å². The Kier molecular flexibility index (Phi) is 6.85. The number of nitrogens with zero attached hydrogens (tertiary/aromatic N) is 4. The van der Waals surface area contributed by atoms with Crippen molar-refractivity contribution in [1.29, 1.82) is 0 Å². The third kappa shape index (κ3) is 4.59. The summed E-state index contributed by atoms with van der Waals surface area (Å²) in [5, 5.41) is 0.945. The van der Waals surface area contributed by atoms with Gasteiger partial charge in [0.15, 0.2) is 0 Å². The molecule has 4 rings (SSSR count). The van der Waals surface area contributed by atoms with Gasteiger partial charge in [0, 0.05) is 32.6 Å². The summed E-state index contributed by atoms with van der Waals surface area (Å²) in [6.07, 6.45) is 1.32. The standard InChI is InChI=1S/C24H28Cl2N4O/c1-3-21(24(31)29-12-10-28(4-2)11-13-29)30-22-16-19(26)18(25)15-20(22)27-23(30)14-17-8-6-5-7-9-17/h5-9,15-16,21H,3-4,10-14H2,1-2H3/t21-/m0/s1. The summed E-state index contributed by atoms with van der Waals surface area (Å²) < 4.78 is 2.08. The third-order valence-electron chi connectivity index (χ3n) is 6.12. The molecule has 31 heavy (non-hydrogen) atoms. The van der Waals surface area contributed by atoms with Crippen LogP contribution < -0.4 is 0 Å². The molecule has 1 aliphatic heterocycles. The zero-order valence-electron chi connectivity index (χ0n) is 18.0. The molecule has 5 nitrogen and oxygen atoms in total. The Labute approximate surface area is 193 Å². The highest BCUT2D eigenvalue weighted by Gasteiger charge is 2.30. The first-order chi connectivity index (χ1) is 15.0. The van der Waals surface area contributed by atoms with E-state index in [-0.39, 0.29) is 11.9 Å². The van der Waals surface area contributed by atoms with Crippen molar-refractivity contribution in [3.63, 3.8) is 0 Å². The SMILES string of the molecule is CC[C@@H](C(=O)N1CCN(CC)CC1)n1c(Cc2ccccc2)nc2cc(Cl)c(Cl)cc21. The summed E-state index contributed by atoms with van der Waals surface area (Å²) >= 11 is 12.6. The number of amides is 1. The number of hydrogen-bond acceptors (Lipinski definition) is 3. The minimum atomic E-state index is -0.325. The van der Waals surface area contributed by atoms with E-state index in [1.54, 1.807) is 6.07 Å². The zero-order valence-corrected chi connectivity index (χ0v) is 19.5. The highest BCUT2D eigenvalue weighted by atomic mass is 35.5. The van der Waals surface area contributed by atoms with Crippen LogP contribution in [0.25, 0.3) is 11.0 Å². The first-order valence-electron chi connectivity index (χ1n) is 10.9. The van der Waals surface area contributed by atoms with Crippen LogP contribution in [0.5, 0.6) is 0 Å². The van der Waals surface area contributed by atoms with Crippen molar-refractivity contribution in [3.8, 4) is 0 Å². The summed E-state index contributed by atoms with van der Waals surface area (Å²) in [6, 6.07) is 13.5. The van der Waals surface area contributed by atoms with E-state index < -0.39 is 0 Å². The normalized spacial score (nSPS) is 16.1. The van der Waals surface area contributed by atoms with Gasteiger partial charge in [-0.2, -0.15) is 0 Å². The lowest BCUT2D eigenvalue weighted by Gasteiger charge is -2.36. The van der Waals surface area contributed by atoms with Crippen LogP contribution in [0, 0.1) is 0 Å². The van der Waals surface area contributed by atoms with Gasteiger partial charge in [0.25, 0.3) is 0 Å². The number of hydrogen-bond donors (Lipinski definition) is 0. The fraction of sp³-hybridized carbons (Fsp3) is 0.417. The number of carbonyl (C=O) groups excluding carboxylic acids is 1. The molecule has 1 amide bonds. The van der Waals surface area contributed by atoms with E-state index in [2.05, 4.69) is 35.4 Å². The Bertz CT molecular complexity index is 1060. The molecule has 2 heterocycles. The van der Waals surface area contributed by atoms with Gasteiger partial charge in [0.05, 0.1) is 21.1 Å². The molecule has 3 aromatic rings. The molecule has 0 unspecified atom stereocenters. The second kappa shape index (κ2) is 9.60. The first kappa shape index (κ1) is 22.1. The van der Waals surface area contributed by atoms with Crippen molar-refractivity contribution in [3.05, 3.63) is 63.9 Å². The van der Waals surface area contributed by atoms with E-state index in [1.807, 2.05) is 29.2 Å². The van der Waals surface area contributed by atoms with Gasteiger partial charge in [-0.05, 0) is 30.7 Å². The Morgan fingerprint density at radius 1 is 1.03 bits per heavy atom. The Hall–Kier alpha value is -2.08. The number of piperazine rings is 1. The second-order valence-electron chi connectivity index (χ2n) is 8.00. The Balaban J connectivity index is 1.74. The van der Waals surface area contributed by atoms with E-state index in [0.29, 0.717) is 22.9 Å². The molecule has 0 N–H and O–H groups in total. The maximum absolute atomic E-state index is 13.6. The molecule has 1 saturated heterocycles. The molecule has 1 atom stereocenters. The number of rotatable bonds is 6. The van der Waals surface area contributed by atoms with Crippen molar-refractivity contribution in [2.75, 3.05) is 32.7 Å². The minimum absolute atomic E-state index is 0.151. The van der Waals surface area contributed by atoms with Crippen LogP contribution in [-0.2, 0) is 11.2 Å². The zero-order chi connectivity index (χ0) is 22.0. The van der Waals surface area contributed by atoms with Crippen LogP contribution in [-0.4, -0.2) is 58.0 Å². The van der Waals surface area contributed by atoms with Gasteiger partial charge in [-0.3, -0.25) is 4.79 Å². The lowest BCUT2D eigenvalue weighted by molar-refractivity contribution is -0.136. The largest absolute Gasteiger partial charge is 0.338 e. The maximum atomic E-state index is 13.6. The molecule has 1 fully saturated rings. The number of imidazole rings is 1. The number of likely N-dealkylation sites (N-methyl/N-ethyl adjacent to an activating group) is 1. The molecule has 164 valence electrons. The highest BCUT2D eigenvalue weighted by molar-refractivity contribution is 6.42. The predicted octanol–water partition coefficient (Wildman–Crippen LogP) is 5.05. The molecule has 1 aromatic heterocycles. The fourth-order valence-electron chi connectivity index (χ4n) is 4.35. The average molecular weight is 459 g/mol. The van der Waals surface area contributed by atoms with E-state index >= 15 is 0 Å². The van der Waals surface area contributed by atoms with E-state index in [4.69, 9.17) is 28.2 Å².